The number of nitrogens with zero attached hydrogens (tertiary/aromatic N) is 1. The Balaban J connectivity index is 4.54. The lowest BCUT2D eigenvalue weighted by molar-refractivity contribution is -0.873. The zero-order chi connectivity index (χ0) is 15.2. The van der Waals surface area contributed by atoms with Crippen LogP contribution in [0.2, 0.25) is 0 Å². The number of esters is 1. The lowest BCUT2D eigenvalue weighted by Crippen LogP contribution is -2.47. The molecule has 0 aliphatic carbocycles. The van der Waals surface area contributed by atoms with E-state index in [1.165, 1.54) is 0 Å². The molecular weight excluding hydrogens is 248 g/mol. The molecule has 0 aromatic rings. The van der Waals surface area contributed by atoms with E-state index in [0.717, 1.165) is 0 Å². The molecule has 0 aromatic carbocycles. The van der Waals surface area contributed by atoms with E-state index in [2.05, 4.69) is 0 Å². The molecule has 112 valence electrons. The second-order valence-electron chi connectivity index (χ2n) is 6.34. The molecule has 0 radical (unpaired) electrons. The van der Waals surface area contributed by atoms with Gasteiger partial charge in [-0.25, -0.2) is 0 Å². The molecule has 2 atom stereocenters. The molecule has 0 saturated heterocycles. The second kappa shape index (κ2) is 7.45. The van der Waals surface area contributed by atoms with Gasteiger partial charge in [0.2, 0.25) is 0 Å². The minimum Gasteiger partial charge on any atom is -0.550 e. The summed E-state index contributed by atoms with van der Waals surface area (Å²) in [6, 6.07) is -0.711. The van der Waals surface area contributed by atoms with Gasteiger partial charge in [-0.15, -0.1) is 0 Å². The lowest BCUT2D eigenvalue weighted by atomic mass is 10.0. The molecule has 0 unspecified atom stereocenters. The van der Waals surface area contributed by atoms with Crippen molar-refractivity contribution < 1.29 is 23.9 Å². The zero-order valence-electron chi connectivity index (χ0n) is 12.5. The van der Waals surface area contributed by atoms with E-state index in [1.807, 2.05) is 35.0 Å². The van der Waals surface area contributed by atoms with Gasteiger partial charge in [-0.2, -0.15) is 0 Å². The Morgan fingerprint density at radius 1 is 1.26 bits per heavy atom. The van der Waals surface area contributed by atoms with Crippen LogP contribution in [0.25, 0.3) is 0 Å². The molecular formula is C13H26N2O4. The Morgan fingerprint density at radius 2 is 1.79 bits per heavy atom. The Bertz CT molecular complexity index is 310. The summed E-state index contributed by atoms with van der Waals surface area (Å²) in [4.78, 5) is 22.5. The monoisotopic (exact) mass is 274 g/mol. The highest BCUT2D eigenvalue weighted by atomic mass is 16.5. The van der Waals surface area contributed by atoms with Crippen LogP contribution in [0.15, 0.2) is 0 Å². The number of aliphatic carboxylic acids is 1. The van der Waals surface area contributed by atoms with Gasteiger partial charge < -0.3 is 24.9 Å². The minimum atomic E-state index is -1.23. The molecule has 19 heavy (non-hydrogen) atoms. The normalized spacial score (nSPS) is 15.1. The quantitative estimate of drug-likeness (QED) is 0.458. The van der Waals surface area contributed by atoms with Crippen molar-refractivity contribution in [3.8, 4) is 0 Å². The van der Waals surface area contributed by atoms with E-state index < -0.39 is 24.1 Å². The molecule has 6 heteroatoms. The molecule has 0 rings (SSSR count). The van der Waals surface area contributed by atoms with Gasteiger partial charge in [0.25, 0.3) is 0 Å². The van der Waals surface area contributed by atoms with E-state index in [4.69, 9.17) is 10.5 Å². The zero-order valence-corrected chi connectivity index (χ0v) is 12.5. The van der Waals surface area contributed by atoms with Crippen molar-refractivity contribution in [2.45, 2.75) is 38.8 Å². The maximum absolute atomic E-state index is 11.8. The van der Waals surface area contributed by atoms with Crippen LogP contribution < -0.4 is 10.8 Å². The summed E-state index contributed by atoms with van der Waals surface area (Å²) in [5, 5.41) is 10.7. The predicted octanol–water partition coefficient (Wildman–Crippen LogP) is -0.882. The third-order valence-corrected chi connectivity index (χ3v) is 2.46. The first-order valence-electron chi connectivity index (χ1n) is 6.47. The molecule has 2 N–H and O–H groups in total. The van der Waals surface area contributed by atoms with Gasteiger partial charge in [0, 0.05) is 12.4 Å². The number of ether oxygens (including phenoxy) is 1. The van der Waals surface area contributed by atoms with Crippen LogP contribution in [0.3, 0.4) is 0 Å². The fraction of sp³-hybridized carbons (Fsp3) is 0.846. The average molecular weight is 274 g/mol. The van der Waals surface area contributed by atoms with E-state index >= 15 is 0 Å². The number of quaternary nitrogens is 1. The lowest BCUT2D eigenvalue weighted by Gasteiger charge is -2.29. The van der Waals surface area contributed by atoms with Gasteiger partial charge >= 0.3 is 5.97 Å². The summed E-state index contributed by atoms with van der Waals surface area (Å²) in [5.74, 6) is -1.50. The van der Waals surface area contributed by atoms with Gasteiger partial charge in [0.15, 0.2) is 6.10 Å². The van der Waals surface area contributed by atoms with Crippen molar-refractivity contribution >= 4 is 11.9 Å². The Morgan fingerprint density at radius 3 is 2.16 bits per heavy atom. The van der Waals surface area contributed by atoms with Crippen molar-refractivity contribution in [2.24, 2.45) is 11.7 Å². The molecule has 0 saturated carbocycles. The maximum atomic E-state index is 11.8. The third-order valence-electron chi connectivity index (χ3n) is 2.46. The van der Waals surface area contributed by atoms with Crippen molar-refractivity contribution in [1.29, 1.82) is 0 Å². The van der Waals surface area contributed by atoms with Crippen LogP contribution in [-0.2, 0) is 14.3 Å². The Hall–Kier alpha value is -1.14. The van der Waals surface area contributed by atoms with Crippen molar-refractivity contribution in [1.82, 2.24) is 0 Å². The average Bonchev–Trinajstić information content (AvgIpc) is 2.11. The summed E-state index contributed by atoms with van der Waals surface area (Å²) < 4.78 is 5.69. The Labute approximate surface area is 115 Å². The van der Waals surface area contributed by atoms with Gasteiger partial charge in [0.05, 0.1) is 21.1 Å². The van der Waals surface area contributed by atoms with Crippen LogP contribution in [0.4, 0.5) is 0 Å². The Kier molecular flexibility index (Phi) is 7.00. The predicted molar refractivity (Wildman–Crippen MR) is 69.8 cm³/mol. The summed E-state index contributed by atoms with van der Waals surface area (Å²) in [7, 11) is 5.68. The number of rotatable bonds is 8. The smallest absolute Gasteiger partial charge is 0.323 e. The maximum Gasteiger partial charge on any atom is 0.323 e. The fourth-order valence-corrected chi connectivity index (χ4v) is 1.80. The number of nitrogens with two attached hydrogens (primary N) is 1. The van der Waals surface area contributed by atoms with Gasteiger partial charge in [-0.3, -0.25) is 4.79 Å². The number of hydrogen-bond donors (Lipinski definition) is 1. The fourth-order valence-electron chi connectivity index (χ4n) is 1.80. The number of hydrogen-bond acceptors (Lipinski definition) is 5. The number of carboxylic acid groups (broad SMARTS) is 1. The van der Waals surface area contributed by atoms with Crippen LogP contribution in [0.1, 0.15) is 26.7 Å². The minimum absolute atomic E-state index is 0.278. The summed E-state index contributed by atoms with van der Waals surface area (Å²) >= 11 is 0. The summed E-state index contributed by atoms with van der Waals surface area (Å²) in [5.41, 5.74) is 5.72. The first-order chi connectivity index (χ1) is 8.51. The number of likely N-dealkylation sites (N-methyl/N-ethyl adjacent to an activating group) is 1. The number of carboxylic acids is 1. The topological polar surface area (TPSA) is 92.5 Å². The molecule has 0 aliphatic rings. The van der Waals surface area contributed by atoms with Crippen molar-refractivity contribution in [3.05, 3.63) is 0 Å². The SMILES string of the molecule is CC(C)C[C@H](N)C(=O)O[C@H](CC(=O)[O-])C[N+](C)(C)C. The van der Waals surface area contributed by atoms with Crippen LogP contribution >= 0.6 is 0 Å². The van der Waals surface area contributed by atoms with Crippen LogP contribution in [-0.4, -0.2) is 56.3 Å². The molecule has 0 heterocycles. The first-order valence-corrected chi connectivity index (χ1v) is 6.47. The molecule has 0 spiro atoms. The van der Waals surface area contributed by atoms with E-state index in [1.54, 1.807) is 0 Å². The highest BCUT2D eigenvalue weighted by Gasteiger charge is 2.25. The molecule has 0 bridgehead atoms. The number of carbonyl (C=O) groups is 2. The first kappa shape index (κ1) is 17.9. The van der Waals surface area contributed by atoms with E-state index in [-0.39, 0.29) is 12.3 Å². The third kappa shape index (κ3) is 9.44. The van der Waals surface area contributed by atoms with E-state index in [0.29, 0.717) is 17.4 Å². The van der Waals surface area contributed by atoms with E-state index in [9.17, 15) is 14.7 Å². The highest BCUT2D eigenvalue weighted by Crippen LogP contribution is 2.09. The molecule has 0 amide bonds. The summed E-state index contributed by atoms with van der Waals surface area (Å²) in [6.07, 6.45) is -0.507. The molecule has 0 aromatic heterocycles. The largest absolute Gasteiger partial charge is 0.550 e. The summed E-state index contributed by atoms with van der Waals surface area (Å²) in [6.45, 7) is 4.31. The van der Waals surface area contributed by atoms with Crippen LogP contribution in [0, 0.1) is 5.92 Å². The van der Waals surface area contributed by atoms with Crippen molar-refractivity contribution in [3.63, 3.8) is 0 Å². The van der Waals surface area contributed by atoms with Crippen molar-refractivity contribution in [2.75, 3.05) is 27.7 Å². The second-order valence-corrected chi connectivity index (χ2v) is 6.34. The van der Waals surface area contributed by atoms with Gasteiger partial charge in [-0.1, -0.05) is 13.8 Å². The standard InChI is InChI=1S/C13H26N2O4/c1-9(2)6-11(14)13(18)19-10(7-12(16)17)8-15(3,4)5/h9-11H,6-8,14H2,1-5H3/t10-,11+/m1/s1. The van der Waals surface area contributed by atoms with Gasteiger partial charge in [-0.05, 0) is 12.3 Å². The molecule has 0 fully saturated rings. The molecule has 6 nitrogen and oxygen atoms in total. The van der Waals surface area contributed by atoms with Gasteiger partial charge in [0.1, 0.15) is 12.6 Å². The number of carbonyl (C=O) groups excluding carboxylic acids is 2. The van der Waals surface area contributed by atoms with Crippen LogP contribution in [0.5, 0.6) is 0 Å². The highest BCUT2D eigenvalue weighted by molar-refractivity contribution is 5.76. The molecule has 0 aliphatic heterocycles.